The number of hydrogen-bond acceptors (Lipinski definition) is 4. The molecule has 3 nitrogen and oxygen atoms in total. The van der Waals surface area contributed by atoms with Gasteiger partial charge in [-0.05, 0) is 24.3 Å². The van der Waals surface area contributed by atoms with E-state index in [1.54, 1.807) is 0 Å². The van der Waals surface area contributed by atoms with Crippen LogP contribution in [0.5, 0.6) is 0 Å². The van der Waals surface area contributed by atoms with Gasteiger partial charge in [-0.3, -0.25) is 4.98 Å². The predicted molar refractivity (Wildman–Crippen MR) is 77.5 cm³/mol. The Balaban J connectivity index is 1.93. The monoisotopic (exact) mass is 282 g/mol. The summed E-state index contributed by atoms with van der Waals surface area (Å²) in [6.45, 7) is 0.936. The Labute approximate surface area is 116 Å². The Bertz CT molecular complexity index is 952. The fraction of sp³-hybridized carbons (Fsp3) is 0.0714. The normalized spacial score (nSPS) is 13.1. The van der Waals surface area contributed by atoms with Gasteiger partial charge in [-0.15, -0.1) is 0 Å². The van der Waals surface area contributed by atoms with Crippen LogP contribution in [0.1, 0.15) is 5.56 Å². The van der Waals surface area contributed by atoms with E-state index in [1.165, 1.54) is 24.8 Å². The van der Waals surface area contributed by atoms with Gasteiger partial charge in [-0.25, -0.2) is 4.98 Å². The molecule has 0 aromatic carbocycles. The van der Waals surface area contributed by atoms with Gasteiger partial charge < -0.3 is 0 Å². The van der Waals surface area contributed by atoms with E-state index < -0.39 is 0 Å². The van der Waals surface area contributed by atoms with Crippen LogP contribution in [0.25, 0.3) is 30.4 Å². The lowest BCUT2D eigenvalue weighted by Gasteiger charge is -1.88. The second-order valence-corrected chi connectivity index (χ2v) is 6.62. The number of thiazole rings is 1. The first kappa shape index (κ1) is 10.00. The minimum atomic E-state index is 0.936. The topological polar surface area (TPSA) is 29.7 Å². The van der Waals surface area contributed by atoms with Crippen LogP contribution in [0.15, 0.2) is 36.7 Å². The van der Waals surface area contributed by atoms with Crippen LogP contribution < -0.4 is 4.57 Å². The van der Waals surface area contributed by atoms with E-state index >= 15 is 0 Å². The summed E-state index contributed by atoms with van der Waals surface area (Å²) in [5, 5.41) is 1.27. The number of fused-ring (bicyclic) bond motifs is 7. The van der Waals surface area contributed by atoms with Gasteiger partial charge in [-0.2, -0.15) is 4.57 Å². The van der Waals surface area contributed by atoms with Crippen LogP contribution in [-0.4, -0.2) is 9.97 Å². The molecule has 19 heavy (non-hydrogen) atoms. The molecule has 5 heterocycles. The lowest BCUT2D eigenvalue weighted by Crippen LogP contribution is -2.29. The van der Waals surface area contributed by atoms with Crippen LogP contribution in [0.2, 0.25) is 0 Å². The third-order valence-corrected chi connectivity index (χ3v) is 5.99. The fourth-order valence-corrected chi connectivity index (χ4v) is 5.29. The van der Waals surface area contributed by atoms with Crippen molar-refractivity contribution in [2.45, 2.75) is 6.54 Å². The molecule has 0 amide bonds. The minimum Gasteiger partial charge on any atom is -0.254 e. The Hall–Kier alpha value is -1.85. The molecular formula is C14H8N3S2+. The van der Waals surface area contributed by atoms with E-state index in [-0.39, 0.29) is 0 Å². The van der Waals surface area contributed by atoms with Crippen molar-refractivity contribution in [3.8, 4) is 10.7 Å². The molecule has 1 aliphatic rings. The molecule has 0 bridgehead atoms. The first-order valence-electron chi connectivity index (χ1n) is 6.06. The highest BCUT2D eigenvalue weighted by Gasteiger charge is 2.34. The Morgan fingerprint density at radius 2 is 1.95 bits per heavy atom. The average molecular weight is 282 g/mol. The highest BCUT2D eigenvalue weighted by molar-refractivity contribution is 7.32. The lowest BCUT2D eigenvalue weighted by molar-refractivity contribution is -0.639. The highest BCUT2D eigenvalue weighted by atomic mass is 32.1. The molecule has 1 aliphatic heterocycles. The van der Waals surface area contributed by atoms with Crippen molar-refractivity contribution in [1.82, 2.24) is 9.97 Å². The minimum absolute atomic E-state index is 0.936. The van der Waals surface area contributed by atoms with Gasteiger partial charge in [-0.1, -0.05) is 22.7 Å². The van der Waals surface area contributed by atoms with Crippen LogP contribution >= 0.6 is 22.7 Å². The van der Waals surface area contributed by atoms with Gasteiger partial charge in [0.05, 0.1) is 10.3 Å². The molecule has 0 N–H and O–H groups in total. The summed E-state index contributed by atoms with van der Waals surface area (Å²) < 4.78 is 4.94. The maximum absolute atomic E-state index is 4.53. The molecule has 0 fully saturated rings. The van der Waals surface area contributed by atoms with Crippen LogP contribution in [-0.2, 0) is 6.54 Å². The number of pyridine rings is 2. The number of rotatable bonds is 0. The van der Waals surface area contributed by atoms with E-state index in [9.17, 15) is 0 Å². The summed E-state index contributed by atoms with van der Waals surface area (Å²) in [7, 11) is 0. The summed E-state index contributed by atoms with van der Waals surface area (Å²) in [4.78, 5) is 10.4. The second kappa shape index (κ2) is 3.37. The quantitative estimate of drug-likeness (QED) is 0.408. The number of thiophene rings is 1. The third kappa shape index (κ3) is 1.19. The third-order valence-electron chi connectivity index (χ3n) is 3.50. The van der Waals surface area contributed by atoms with Crippen molar-refractivity contribution in [1.29, 1.82) is 0 Å². The summed E-state index contributed by atoms with van der Waals surface area (Å²) >= 11 is 3.64. The molecule has 0 saturated carbocycles. The fourth-order valence-electron chi connectivity index (χ4n) is 2.66. The van der Waals surface area contributed by atoms with Crippen LogP contribution in [0, 0.1) is 0 Å². The molecule has 4 aromatic rings. The Kier molecular flexibility index (Phi) is 1.78. The predicted octanol–water partition coefficient (Wildman–Crippen LogP) is 3.22. The van der Waals surface area contributed by atoms with E-state index in [0.29, 0.717) is 0 Å². The lowest BCUT2D eigenvalue weighted by atomic mass is 10.2. The Morgan fingerprint density at radius 3 is 2.95 bits per heavy atom. The Morgan fingerprint density at radius 1 is 1.05 bits per heavy atom. The largest absolute Gasteiger partial charge is 0.290 e. The van der Waals surface area contributed by atoms with Crippen molar-refractivity contribution < 1.29 is 4.57 Å². The summed E-state index contributed by atoms with van der Waals surface area (Å²) in [5.74, 6) is 0. The zero-order chi connectivity index (χ0) is 12.4. The molecule has 0 spiro atoms. The number of hydrogen-bond donors (Lipinski definition) is 0. The molecule has 90 valence electrons. The maximum Gasteiger partial charge on any atom is 0.290 e. The smallest absolute Gasteiger partial charge is 0.254 e. The average Bonchev–Trinajstić information content (AvgIpc) is 3.07. The molecule has 5 rings (SSSR count). The van der Waals surface area contributed by atoms with Crippen LogP contribution in [0.4, 0.5) is 0 Å². The van der Waals surface area contributed by atoms with Crippen molar-refractivity contribution in [2.24, 2.45) is 0 Å². The standard InChI is InChI=1S/C14H8N3S2/c1-3-8-7-17-13(10(8)15-5-1)19-12-11-9(18-14(12)17)4-2-6-16-11/h1-6H,7H2/q+1. The zero-order valence-corrected chi connectivity index (χ0v) is 11.5. The van der Waals surface area contributed by atoms with Crippen molar-refractivity contribution >= 4 is 42.4 Å². The first-order chi connectivity index (χ1) is 9.42. The summed E-state index contributed by atoms with van der Waals surface area (Å²) in [6, 6.07) is 8.33. The van der Waals surface area contributed by atoms with Gasteiger partial charge in [0.15, 0.2) is 12.2 Å². The molecule has 0 atom stereocenters. The van der Waals surface area contributed by atoms with Crippen molar-refractivity contribution in [3.63, 3.8) is 0 Å². The summed E-state index contributed by atoms with van der Waals surface area (Å²) in [5.41, 5.74) is 3.59. The van der Waals surface area contributed by atoms with Crippen LogP contribution in [0.3, 0.4) is 0 Å². The SMILES string of the molecule is c1cnc2c(c1)C[n+]1c-2sc2c3ncccc3sc21. The number of aromatic nitrogens is 3. The maximum atomic E-state index is 4.53. The zero-order valence-electron chi connectivity index (χ0n) is 9.83. The van der Waals surface area contributed by atoms with Gasteiger partial charge in [0, 0.05) is 12.4 Å². The molecular weight excluding hydrogens is 274 g/mol. The van der Waals surface area contributed by atoms with Gasteiger partial charge >= 0.3 is 0 Å². The molecule has 5 heteroatoms. The molecule has 4 aromatic heterocycles. The van der Waals surface area contributed by atoms with E-state index in [2.05, 4.69) is 26.7 Å². The van der Waals surface area contributed by atoms with E-state index in [1.807, 2.05) is 47.2 Å². The van der Waals surface area contributed by atoms with Crippen molar-refractivity contribution in [2.75, 3.05) is 0 Å². The van der Waals surface area contributed by atoms with E-state index in [0.717, 1.165) is 17.8 Å². The first-order valence-corrected chi connectivity index (χ1v) is 7.69. The molecule has 0 radical (unpaired) electrons. The molecule has 0 unspecified atom stereocenters. The molecule has 0 saturated heterocycles. The highest BCUT2D eigenvalue weighted by Crippen LogP contribution is 2.40. The van der Waals surface area contributed by atoms with Gasteiger partial charge in [0.25, 0.3) is 9.84 Å². The van der Waals surface area contributed by atoms with Crippen molar-refractivity contribution in [3.05, 3.63) is 42.2 Å². The van der Waals surface area contributed by atoms with Gasteiger partial charge in [0.2, 0.25) is 0 Å². The second-order valence-electron chi connectivity index (χ2n) is 4.59. The summed E-state index contributed by atoms with van der Waals surface area (Å²) in [6.07, 6.45) is 3.74. The van der Waals surface area contributed by atoms with Gasteiger partial charge in [0.1, 0.15) is 10.2 Å². The number of nitrogens with zero attached hydrogens (tertiary/aromatic N) is 3. The molecule has 0 aliphatic carbocycles. The van der Waals surface area contributed by atoms with E-state index in [4.69, 9.17) is 0 Å².